The average molecular weight is 339 g/mol. The molecule has 0 spiro atoms. The van der Waals surface area contributed by atoms with Crippen molar-refractivity contribution in [3.8, 4) is 10.6 Å². The molecule has 4 bridgehead atoms. The maximum Gasteiger partial charge on any atom is 0.125 e. The van der Waals surface area contributed by atoms with E-state index >= 15 is 0 Å². The molecule has 2 aromatic rings. The molecule has 0 saturated heterocycles. The SMILES string of the molecule is CCCc1ccncc1-c1nc(C23CC4CC(CC(C4)C2)C3)cs1. The Balaban J connectivity index is 1.50. The summed E-state index contributed by atoms with van der Waals surface area (Å²) in [6, 6.07) is 2.17. The largest absolute Gasteiger partial charge is 0.264 e. The molecule has 4 aliphatic carbocycles. The average Bonchev–Trinajstić information content (AvgIpc) is 3.05. The summed E-state index contributed by atoms with van der Waals surface area (Å²) >= 11 is 1.84. The molecule has 3 heteroatoms. The number of pyridine rings is 1. The number of aromatic nitrogens is 2. The molecule has 0 aromatic carbocycles. The fraction of sp³-hybridized carbons (Fsp3) is 0.619. The lowest BCUT2D eigenvalue weighted by molar-refractivity contribution is -0.00689. The third-order valence-electron chi connectivity index (χ3n) is 6.75. The van der Waals surface area contributed by atoms with E-state index in [1.165, 1.54) is 66.8 Å². The van der Waals surface area contributed by atoms with Crippen LogP contribution >= 0.6 is 11.3 Å². The van der Waals surface area contributed by atoms with Gasteiger partial charge in [-0.3, -0.25) is 4.98 Å². The first-order valence-corrected chi connectivity index (χ1v) is 10.5. The second kappa shape index (κ2) is 5.66. The van der Waals surface area contributed by atoms with Gasteiger partial charge in [0.1, 0.15) is 5.01 Å². The Kier molecular flexibility index (Phi) is 3.55. The summed E-state index contributed by atoms with van der Waals surface area (Å²) in [5, 5.41) is 3.57. The van der Waals surface area contributed by atoms with Crippen molar-refractivity contribution in [2.24, 2.45) is 17.8 Å². The Bertz CT molecular complexity index is 713. The van der Waals surface area contributed by atoms with Gasteiger partial charge >= 0.3 is 0 Å². The molecule has 2 aromatic heterocycles. The third kappa shape index (κ3) is 2.35. The Morgan fingerprint density at radius 2 is 1.83 bits per heavy atom. The second-order valence-corrected chi connectivity index (χ2v) is 9.38. The van der Waals surface area contributed by atoms with Crippen LogP contribution < -0.4 is 0 Å². The molecular weight excluding hydrogens is 312 g/mol. The minimum atomic E-state index is 0.413. The van der Waals surface area contributed by atoms with Crippen LogP contribution in [0.15, 0.2) is 23.8 Å². The zero-order valence-corrected chi connectivity index (χ0v) is 15.3. The van der Waals surface area contributed by atoms with Gasteiger partial charge in [0.05, 0.1) is 5.69 Å². The molecule has 0 N–H and O–H groups in total. The van der Waals surface area contributed by atoms with E-state index in [1.807, 2.05) is 23.7 Å². The number of thiazole rings is 1. The van der Waals surface area contributed by atoms with Crippen LogP contribution in [0.25, 0.3) is 10.6 Å². The number of hydrogen-bond acceptors (Lipinski definition) is 3. The van der Waals surface area contributed by atoms with Crippen LogP contribution in [0.5, 0.6) is 0 Å². The van der Waals surface area contributed by atoms with Crippen LogP contribution in [0.1, 0.15) is 63.1 Å². The van der Waals surface area contributed by atoms with Gasteiger partial charge in [-0.15, -0.1) is 11.3 Å². The normalized spacial score (nSPS) is 34.0. The second-order valence-electron chi connectivity index (χ2n) is 8.52. The van der Waals surface area contributed by atoms with Crippen molar-refractivity contribution in [2.75, 3.05) is 0 Å². The lowest BCUT2D eigenvalue weighted by Crippen LogP contribution is -2.48. The highest BCUT2D eigenvalue weighted by Crippen LogP contribution is 2.60. The Morgan fingerprint density at radius 1 is 1.12 bits per heavy atom. The molecular formula is C21H26N2S. The summed E-state index contributed by atoms with van der Waals surface area (Å²) in [5.74, 6) is 2.95. The fourth-order valence-electron chi connectivity index (χ4n) is 6.17. The van der Waals surface area contributed by atoms with E-state index < -0.39 is 0 Å². The van der Waals surface area contributed by atoms with Crippen molar-refractivity contribution in [3.05, 3.63) is 35.1 Å². The molecule has 4 fully saturated rings. The van der Waals surface area contributed by atoms with Crippen molar-refractivity contribution < 1.29 is 0 Å². The van der Waals surface area contributed by atoms with E-state index in [-0.39, 0.29) is 0 Å². The minimum Gasteiger partial charge on any atom is -0.264 e. The van der Waals surface area contributed by atoms with Crippen LogP contribution in [-0.2, 0) is 11.8 Å². The van der Waals surface area contributed by atoms with Crippen LogP contribution in [0, 0.1) is 17.8 Å². The summed E-state index contributed by atoms with van der Waals surface area (Å²) in [5.41, 5.74) is 4.49. The molecule has 2 nitrogen and oxygen atoms in total. The number of nitrogens with zero attached hydrogens (tertiary/aromatic N) is 2. The third-order valence-corrected chi connectivity index (χ3v) is 7.62. The van der Waals surface area contributed by atoms with Gasteiger partial charge in [-0.25, -0.2) is 4.98 Å². The van der Waals surface area contributed by atoms with Gasteiger partial charge in [0.2, 0.25) is 0 Å². The monoisotopic (exact) mass is 338 g/mol. The highest BCUT2D eigenvalue weighted by molar-refractivity contribution is 7.13. The minimum absolute atomic E-state index is 0.413. The standard InChI is InChI=1S/C21H26N2S/c1-2-3-17-4-5-22-12-18(17)20-23-19(13-24-20)21-9-14-6-15(10-21)8-16(7-14)11-21/h4-5,12-16H,2-3,6-11H2,1H3. The van der Waals surface area contributed by atoms with Crippen LogP contribution in [0.4, 0.5) is 0 Å². The van der Waals surface area contributed by atoms with E-state index in [2.05, 4.69) is 23.4 Å². The Labute approximate surface area is 148 Å². The highest BCUT2D eigenvalue weighted by atomic mass is 32.1. The fourth-order valence-corrected chi connectivity index (χ4v) is 7.16. The maximum atomic E-state index is 5.19. The van der Waals surface area contributed by atoms with Gasteiger partial charge in [0, 0.05) is 28.8 Å². The lowest BCUT2D eigenvalue weighted by Gasteiger charge is -2.56. The predicted molar refractivity (Wildman–Crippen MR) is 99.2 cm³/mol. The molecule has 6 rings (SSSR count). The van der Waals surface area contributed by atoms with Gasteiger partial charge in [0.25, 0.3) is 0 Å². The quantitative estimate of drug-likeness (QED) is 0.722. The van der Waals surface area contributed by atoms with Gasteiger partial charge < -0.3 is 0 Å². The van der Waals surface area contributed by atoms with Crippen LogP contribution in [-0.4, -0.2) is 9.97 Å². The maximum absolute atomic E-state index is 5.19. The smallest absolute Gasteiger partial charge is 0.125 e. The molecule has 0 unspecified atom stereocenters. The first-order chi connectivity index (χ1) is 11.8. The van der Waals surface area contributed by atoms with E-state index in [4.69, 9.17) is 4.98 Å². The van der Waals surface area contributed by atoms with Gasteiger partial charge in [-0.05, 0) is 74.3 Å². The van der Waals surface area contributed by atoms with Gasteiger partial charge in [-0.2, -0.15) is 0 Å². The molecule has 0 atom stereocenters. The van der Waals surface area contributed by atoms with E-state index in [0.29, 0.717) is 5.41 Å². The first kappa shape index (κ1) is 15.1. The van der Waals surface area contributed by atoms with Crippen molar-refractivity contribution in [1.82, 2.24) is 9.97 Å². The molecule has 4 aliphatic rings. The summed E-state index contributed by atoms with van der Waals surface area (Å²) in [4.78, 5) is 9.56. The number of hydrogen-bond donors (Lipinski definition) is 0. The van der Waals surface area contributed by atoms with Crippen molar-refractivity contribution in [3.63, 3.8) is 0 Å². The molecule has 126 valence electrons. The van der Waals surface area contributed by atoms with Crippen molar-refractivity contribution in [2.45, 2.75) is 63.7 Å². The van der Waals surface area contributed by atoms with Crippen molar-refractivity contribution in [1.29, 1.82) is 0 Å². The Morgan fingerprint density at radius 3 is 2.50 bits per heavy atom. The Hall–Kier alpha value is -1.22. The van der Waals surface area contributed by atoms with E-state index in [9.17, 15) is 0 Å². The summed E-state index contributed by atoms with van der Waals surface area (Å²) in [6.45, 7) is 2.24. The zero-order chi connectivity index (χ0) is 16.1. The number of aryl methyl sites for hydroxylation is 1. The van der Waals surface area contributed by atoms with E-state index in [0.717, 1.165) is 24.2 Å². The van der Waals surface area contributed by atoms with E-state index in [1.54, 1.807) is 0 Å². The topological polar surface area (TPSA) is 25.8 Å². The summed E-state index contributed by atoms with van der Waals surface area (Å²) in [7, 11) is 0. The molecule has 2 heterocycles. The lowest BCUT2D eigenvalue weighted by atomic mass is 9.49. The van der Waals surface area contributed by atoms with Gasteiger partial charge in [0.15, 0.2) is 0 Å². The molecule has 0 aliphatic heterocycles. The summed E-state index contributed by atoms with van der Waals surface area (Å²) < 4.78 is 0. The molecule has 0 radical (unpaired) electrons. The molecule has 4 saturated carbocycles. The summed E-state index contributed by atoms with van der Waals surface area (Å²) in [6.07, 6.45) is 14.9. The van der Waals surface area contributed by atoms with Crippen LogP contribution in [0.2, 0.25) is 0 Å². The molecule has 24 heavy (non-hydrogen) atoms. The van der Waals surface area contributed by atoms with Crippen molar-refractivity contribution >= 4 is 11.3 Å². The molecule has 0 amide bonds. The highest BCUT2D eigenvalue weighted by Gasteiger charge is 2.52. The van der Waals surface area contributed by atoms with Gasteiger partial charge in [-0.1, -0.05) is 13.3 Å². The predicted octanol–water partition coefficient (Wildman–Crippen LogP) is 5.63. The first-order valence-electron chi connectivity index (χ1n) is 9.65. The number of rotatable bonds is 4. The van der Waals surface area contributed by atoms with Crippen LogP contribution in [0.3, 0.4) is 0 Å². The zero-order valence-electron chi connectivity index (χ0n) is 14.5.